The fourth-order valence-electron chi connectivity index (χ4n) is 3.63. The lowest BCUT2D eigenvalue weighted by Gasteiger charge is -2.32. The number of rotatable bonds is 5. The van der Waals surface area contributed by atoms with Crippen molar-refractivity contribution in [3.8, 4) is 0 Å². The Morgan fingerprint density at radius 2 is 1.67 bits per heavy atom. The van der Waals surface area contributed by atoms with Gasteiger partial charge in [0.25, 0.3) is 0 Å². The smallest absolute Gasteiger partial charge is 0.306 e. The molecule has 0 aromatic rings. The predicted molar refractivity (Wildman–Crippen MR) is 76.7 cm³/mol. The van der Waals surface area contributed by atoms with Gasteiger partial charge in [0.05, 0.1) is 12.5 Å². The van der Waals surface area contributed by atoms with Gasteiger partial charge in [-0.25, -0.2) is 0 Å². The molecule has 5 heteroatoms. The molecule has 5 nitrogen and oxygen atoms in total. The van der Waals surface area contributed by atoms with Gasteiger partial charge >= 0.3 is 5.97 Å². The molecule has 3 fully saturated rings. The van der Waals surface area contributed by atoms with Crippen molar-refractivity contribution in [1.82, 2.24) is 4.90 Å². The zero-order valence-corrected chi connectivity index (χ0v) is 12.5. The molecule has 1 N–H and O–H groups in total. The van der Waals surface area contributed by atoms with E-state index >= 15 is 0 Å². The quantitative estimate of drug-likeness (QED) is 0.841. The van der Waals surface area contributed by atoms with Crippen LogP contribution in [0.5, 0.6) is 0 Å². The number of carboxylic acids is 1. The van der Waals surface area contributed by atoms with Crippen molar-refractivity contribution in [3.63, 3.8) is 0 Å². The normalized spacial score (nSPS) is 32.9. The summed E-state index contributed by atoms with van der Waals surface area (Å²) in [5.74, 6) is -0.142. The fourth-order valence-corrected chi connectivity index (χ4v) is 3.63. The molecule has 21 heavy (non-hydrogen) atoms. The topological polar surface area (TPSA) is 66.8 Å². The third-order valence-electron chi connectivity index (χ3n) is 5.18. The summed E-state index contributed by atoms with van der Waals surface area (Å²) in [5.41, 5.74) is 0. The first kappa shape index (κ1) is 14.8. The number of carboxylic acid groups (broad SMARTS) is 1. The molecule has 1 atom stereocenters. The average Bonchev–Trinajstić information content (AvgIpc) is 3.20. The molecule has 2 aliphatic carbocycles. The van der Waals surface area contributed by atoms with E-state index in [1.165, 1.54) is 0 Å². The van der Waals surface area contributed by atoms with Crippen molar-refractivity contribution >= 4 is 11.9 Å². The van der Waals surface area contributed by atoms with Gasteiger partial charge in [0, 0.05) is 31.0 Å². The molecule has 3 rings (SSSR count). The van der Waals surface area contributed by atoms with Crippen LogP contribution in [-0.4, -0.2) is 47.7 Å². The molecule has 1 unspecified atom stereocenters. The number of hydrogen-bond donors (Lipinski definition) is 1. The molecule has 1 aliphatic heterocycles. The Bertz CT molecular complexity index is 393. The van der Waals surface area contributed by atoms with Crippen molar-refractivity contribution in [2.75, 3.05) is 19.8 Å². The van der Waals surface area contributed by atoms with Crippen LogP contribution >= 0.6 is 0 Å². The minimum Gasteiger partial charge on any atom is -0.481 e. The first-order chi connectivity index (χ1) is 10.1. The molecular weight excluding hydrogens is 270 g/mol. The first-order valence-electron chi connectivity index (χ1n) is 8.26. The third kappa shape index (κ3) is 3.57. The van der Waals surface area contributed by atoms with Gasteiger partial charge in [0.15, 0.2) is 0 Å². The summed E-state index contributed by atoms with van der Waals surface area (Å²) in [6, 6.07) is 0.440. The maximum atomic E-state index is 12.8. The maximum Gasteiger partial charge on any atom is 0.306 e. The van der Waals surface area contributed by atoms with E-state index in [-0.39, 0.29) is 17.7 Å². The maximum absolute atomic E-state index is 12.8. The number of carbonyl (C=O) groups is 2. The van der Waals surface area contributed by atoms with Gasteiger partial charge in [-0.2, -0.15) is 0 Å². The van der Waals surface area contributed by atoms with Crippen LogP contribution in [-0.2, 0) is 14.3 Å². The van der Waals surface area contributed by atoms with Crippen molar-refractivity contribution in [2.24, 2.45) is 17.8 Å². The highest BCUT2D eigenvalue weighted by atomic mass is 16.5. The Kier molecular flexibility index (Phi) is 4.48. The molecule has 0 aromatic carbocycles. The van der Waals surface area contributed by atoms with Gasteiger partial charge in [-0.15, -0.1) is 0 Å². The lowest BCUT2D eigenvalue weighted by atomic mass is 9.81. The second-order valence-electron chi connectivity index (χ2n) is 6.84. The Labute approximate surface area is 125 Å². The number of ether oxygens (including phenoxy) is 1. The summed E-state index contributed by atoms with van der Waals surface area (Å²) < 4.78 is 5.42. The monoisotopic (exact) mass is 295 g/mol. The molecule has 1 heterocycles. The van der Waals surface area contributed by atoms with Crippen LogP contribution in [0.25, 0.3) is 0 Å². The van der Waals surface area contributed by atoms with Gasteiger partial charge in [-0.1, -0.05) is 0 Å². The van der Waals surface area contributed by atoms with Gasteiger partial charge in [-0.3, -0.25) is 9.59 Å². The van der Waals surface area contributed by atoms with Crippen LogP contribution in [0.3, 0.4) is 0 Å². The molecule has 0 radical (unpaired) electrons. The van der Waals surface area contributed by atoms with E-state index in [1.807, 2.05) is 0 Å². The molecule has 2 saturated carbocycles. The van der Waals surface area contributed by atoms with Crippen molar-refractivity contribution < 1.29 is 19.4 Å². The highest BCUT2D eigenvalue weighted by Crippen LogP contribution is 2.35. The van der Waals surface area contributed by atoms with Gasteiger partial charge in [-0.05, 0) is 44.9 Å². The average molecular weight is 295 g/mol. The standard InChI is InChI=1S/C16H25NO4/c18-15(12-1-3-13(4-2-12)16(19)20)17(14-5-6-14)9-11-7-8-21-10-11/h11-14H,1-10H2,(H,19,20). The van der Waals surface area contributed by atoms with Gasteiger partial charge in [0.1, 0.15) is 0 Å². The highest BCUT2D eigenvalue weighted by molar-refractivity contribution is 5.80. The fraction of sp³-hybridized carbons (Fsp3) is 0.875. The van der Waals surface area contributed by atoms with E-state index in [0.717, 1.165) is 51.9 Å². The van der Waals surface area contributed by atoms with E-state index < -0.39 is 5.97 Å². The van der Waals surface area contributed by atoms with Gasteiger partial charge < -0.3 is 14.7 Å². The van der Waals surface area contributed by atoms with E-state index in [1.54, 1.807) is 0 Å². The largest absolute Gasteiger partial charge is 0.481 e. The summed E-state index contributed by atoms with van der Waals surface area (Å²) in [7, 11) is 0. The van der Waals surface area contributed by atoms with Crippen LogP contribution in [0.2, 0.25) is 0 Å². The number of nitrogens with zero attached hydrogens (tertiary/aromatic N) is 1. The van der Waals surface area contributed by atoms with Crippen LogP contribution in [0.4, 0.5) is 0 Å². The molecule has 0 spiro atoms. The summed E-state index contributed by atoms with van der Waals surface area (Å²) in [4.78, 5) is 25.9. The first-order valence-corrected chi connectivity index (χ1v) is 8.26. The van der Waals surface area contributed by atoms with E-state index in [2.05, 4.69) is 4.90 Å². The third-order valence-corrected chi connectivity index (χ3v) is 5.18. The number of aliphatic carboxylic acids is 1. The van der Waals surface area contributed by atoms with Crippen LogP contribution < -0.4 is 0 Å². The Balaban J connectivity index is 1.55. The number of carbonyl (C=O) groups excluding carboxylic acids is 1. The van der Waals surface area contributed by atoms with Gasteiger partial charge in [0.2, 0.25) is 5.91 Å². The van der Waals surface area contributed by atoms with Crippen molar-refractivity contribution in [2.45, 2.75) is 51.0 Å². The zero-order chi connectivity index (χ0) is 14.8. The molecule has 1 saturated heterocycles. The second kappa shape index (κ2) is 6.34. The highest BCUT2D eigenvalue weighted by Gasteiger charge is 2.39. The Hall–Kier alpha value is -1.10. The number of amides is 1. The van der Waals surface area contributed by atoms with E-state index in [9.17, 15) is 9.59 Å². The Morgan fingerprint density at radius 3 is 2.19 bits per heavy atom. The molecule has 0 bridgehead atoms. The van der Waals surface area contributed by atoms with Crippen molar-refractivity contribution in [1.29, 1.82) is 0 Å². The van der Waals surface area contributed by atoms with Crippen LogP contribution in [0.15, 0.2) is 0 Å². The Morgan fingerprint density at radius 1 is 1.00 bits per heavy atom. The lowest BCUT2D eigenvalue weighted by Crippen LogP contribution is -2.42. The minimum atomic E-state index is -0.706. The van der Waals surface area contributed by atoms with E-state index in [4.69, 9.17) is 9.84 Å². The summed E-state index contributed by atoms with van der Waals surface area (Å²) in [5, 5.41) is 9.05. The molecular formula is C16H25NO4. The summed E-state index contributed by atoms with van der Waals surface area (Å²) in [6.07, 6.45) is 6.09. The van der Waals surface area contributed by atoms with Crippen LogP contribution in [0.1, 0.15) is 44.9 Å². The summed E-state index contributed by atoms with van der Waals surface area (Å²) in [6.45, 7) is 2.44. The summed E-state index contributed by atoms with van der Waals surface area (Å²) >= 11 is 0. The molecule has 0 aromatic heterocycles. The number of hydrogen-bond acceptors (Lipinski definition) is 3. The van der Waals surface area contributed by atoms with Crippen LogP contribution in [0, 0.1) is 17.8 Å². The van der Waals surface area contributed by atoms with E-state index in [0.29, 0.717) is 24.8 Å². The van der Waals surface area contributed by atoms with Crippen molar-refractivity contribution in [3.05, 3.63) is 0 Å². The predicted octanol–water partition coefficient (Wildman–Crippen LogP) is 1.90. The lowest BCUT2D eigenvalue weighted by molar-refractivity contribution is -0.146. The SMILES string of the molecule is O=C(O)C1CCC(C(=O)N(CC2CCOC2)C2CC2)CC1. The minimum absolute atomic E-state index is 0.0449. The molecule has 118 valence electrons. The zero-order valence-electron chi connectivity index (χ0n) is 12.5. The molecule has 3 aliphatic rings. The molecule has 1 amide bonds. The second-order valence-corrected chi connectivity index (χ2v) is 6.84.